The summed E-state index contributed by atoms with van der Waals surface area (Å²) < 4.78 is 9.50. The molecule has 10 heteroatoms. The van der Waals surface area contributed by atoms with E-state index in [0.29, 0.717) is 30.8 Å². The molecule has 0 radical (unpaired) electrons. The molecule has 142 valence electrons. The van der Waals surface area contributed by atoms with Gasteiger partial charge in [-0.15, -0.1) is 23.7 Å². The van der Waals surface area contributed by atoms with Crippen LogP contribution >= 0.6 is 23.7 Å². The van der Waals surface area contributed by atoms with E-state index in [2.05, 4.69) is 25.3 Å². The Balaban J connectivity index is 0.00000338. The number of halogens is 1. The number of rotatable bonds is 7. The van der Waals surface area contributed by atoms with Crippen molar-refractivity contribution < 1.29 is 14.3 Å². The van der Waals surface area contributed by atoms with Crippen molar-refractivity contribution in [3.8, 4) is 11.3 Å². The van der Waals surface area contributed by atoms with Crippen LogP contribution in [-0.4, -0.2) is 44.4 Å². The average Bonchev–Trinajstić information content (AvgIpc) is 3.08. The molecule has 0 aliphatic heterocycles. The van der Waals surface area contributed by atoms with Crippen LogP contribution in [0.3, 0.4) is 0 Å². The molecule has 1 aromatic heterocycles. The molecule has 1 aromatic carbocycles. The second-order valence-electron chi connectivity index (χ2n) is 4.98. The third-order valence-electron chi connectivity index (χ3n) is 3.17. The third-order valence-corrected chi connectivity index (χ3v) is 3.90. The quantitative estimate of drug-likeness (QED) is 0.374. The zero-order valence-electron chi connectivity index (χ0n) is 14.5. The maximum Gasteiger partial charge on any atom is 0.407 e. The maximum atomic E-state index is 11.2. The van der Waals surface area contributed by atoms with Crippen LogP contribution in [0.4, 0.5) is 9.93 Å². The number of alkyl carbamates (subject to hydrolysis) is 1. The monoisotopic (exact) mass is 399 g/mol. The summed E-state index contributed by atoms with van der Waals surface area (Å²) in [6.07, 6.45) is -0.466. The number of nitrogens with zero attached hydrogens (tertiary/aromatic N) is 2. The lowest BCUT2D eigenvalue weighted by molar-refractivity contribution is 0.170. The summed E-state index contributed by atoms with van der Waals surface area (Å²) in [7, 11) is 2.95. The number of nitrogens with one attached hydrogen (secondary N) is 2. The largest absolute Gasteiger partial charge is 0.453 e. The highest BCUT2D eigenvalue weighted by Crippen LogP contribution is 2.27. The molecule has 0 spiro atoms. The Hall–Kier alpha value is -2.36. The molecule has 1 heterocycles. The smallest absolute Gasteiger partial charge is 0.407 e. The number of methoxy groups -OCH3 is 2. The molecule has 1 amide bonds. The van der Waals surface area contributed by atoms with Crippen LogP contribution in [0.2, 0.25) is 0 Å². The van der Waals surface area contributed by atoms with Gasteiger partial charge in [-0.05, 0) is 11.6 Å². The van der Waals surface area contributed by atoms with Crippen LogP contribution < -0.4 is 16.4 Å². The van der Waals surface area contributed by atoms with E-state index in [4.69, 9.17) is 10.5 Å². The van der Waals surface area contributed by atoms with Crippen molar-refractivity contribution in [1.82, 2.24) is 15.6 Å². The second-order valence-corrected chi connectivity index (χ2v) is 5.81. The van der Waals surface area contributed by atoms with Crippen molar-refractivity contribution in [2.45, 2.75) is 6.54 Å². The summed E-state index contributed by atoms with van der Waals surface area (Å²) in [4.78, 5) is 19.9. The minimum absolute atomic E-state index is 0. The fourth-order valence-corrected chi connectivity index (χ4v) is 2.67. The first kappa shape index (κ1) is 21.7. The predicted molar refractivity (Wildman–Crippen MR) is 105 cm³/mol. The van der Waals surface area contributed by atoms with Crippen LogP contribution in [-0.2, 0) is 16.0 Å². The number of ether oxygens (including phenoxy) is 2. The van der Waals surface area contributed by atoms with Gasteiger partial charge in [0.15, 0.2) is 5.96 Å². The van der Waals surface area contributed by atoms with Gasteiger partial charge in [-0.3, -0.25) is 0 Å². The molecule has 0 aliphatic carbocycles. The average molecular weight is 400 g/mol. The predicted octanol–water partition coefficient (Wildman–Crippen LogP) is 2.27. The number of aliphatic imine (C=N–C) groups is 1. The number of nitrogens with two attached hydrogens (primary N) is 1. The van der Waals surface area contributed by atoms with Gasteiger partial charge in [-0.25, -0.2) is 9.78 Å². The van der Waals surface area contributed by atoms with Crippen molar-refractivity contribution in [1.29, 1.82) is 0 Å². The van der Waals surface area contributed by atoms with E-state index in [1.165, 1.54) is 18.4 Å². The number of thiazole rings is 1. The molecule has 4 N–H and O–H groups in total. The molecular formula is C16H22ClN5O3S. The van der Waals surface area contributed by atoms with Gasteiger partial charge >= 0.3 is 6.09 Å². The first-order chi connectivity index (χ1) is 12.1. The number of hydrogen-bond donors (Lipinski definition) is 3. The van der Waals surface area contributed by atoms with Gasteiger partial charge in [0.2, 0.25) is 5.13 Å². The van der Waals surface area contributed by atoms with E-state index in [0.717, 1.165) is 16.8 Å². The van der Waals surface area contributed by atoms with Crippen LogP contribution in [0, 0.1) is 0 Å². The van der Waals surface area contributed by atoms with Crippen LogP contribution in [0.5, 0.6) is 0 Å². The Morgan fingerprint density at radius 1 is 1.35 bits per heavy atom. The first-order valence-corrected chi connectivity index (χ1v) is 8.44. The fourth-order valence-electron chi connectivity index (χ4n) is 1.96. The van der Waals surface area contributed by atoms with Gasteiger partial charge in [-0.1, -0.05) is 18.2 Å². The lowest BCUT2D eigenvalue weighted by Gasteiger charge is -2.05. The summed E-state index contributed by atoms with van der Waals surface area (Å²) in [6, 6.07) is 7.73. The Morgan fingerprint density at radius 2 is 2.15 bits per heavy atom. The Kier molecular flexibility index (Phi) is 9.42. The van der Waals surface area contributed by atoms with E-state index in [-0.39, 0.29) is 12.4 Å². The van der Waals surface area contributed by atoms with Crippen molar-refractivity contribution >= 4 is 40.9 Å². The molecule has 0 aliphatic rings. The molecule has 8 nitrogen and oxygen atoms in total. The van der Waals surface area contributed by atoms with Gasteiger partial charge in [0.25, 0.3) is 0 Å². The third kappa shape index (κ3) is 6.87. The molecule has 26 heavy (non-hydrogen) atoms. The highest BCUT2D eigenvalue weighted by Gasteiger charge is 2.06. The number of hydrogen-bond acceptors (Lipinski definition) is 6. The summed E-state index contributed by atoms with van der Waals surface area (Å²) in [5.41, 5.74) is 8.48. The summed E-state index contributed by atoms with van der Waals surface area (Å²) in [5, 5.41) is 8.06. The normalized spacial score (nSPS) is 10.8. The zero-order valence-corrected chi connectivity index (χ0v) is 16.2. The molecule has 0 fully saturated rings. The fraction of sp³-hybridized carbons (Fsp3) is 0.312. The summed E-state index contributed by atoms with van der Waals surface area (Å²) >= 11 is 1.40. The number of guanidine groups is 1. The number of carbonyl (C=O) groups is 1. The summed E-state index contributed by atoms with van der Waals surface area (Å²) in [5.74, 6) is 0.300. The summed E-state index contributed by atoms with van der Waals surface area (Å²) in [6.45, 7) is 1.51. The van der Waals surface area contributed by atoms with Crippen molar-refractivity contribution in [2.75, 3.05) is 27.4 Å². The van der Waals surface area contributed by atoms with E-state index in [9.17, 15) is 4.79 Å². The topological polar surface area (TPSA) is 111 Å². The first-order valence-electron chi connectivity index (χ1n) is 7.56. The molecular weight excluding hydrogens is 378 g/mol. The van der Waals surface area contributed by atoms with E-state index >= 15 is 0 Å². The second kappa shape index (κ2) is 11.3. The lowest BCUT2D eigenvalue weighted by Crippen LogP contribution is -2.33. The maximum absolute atomic E-state index is 11.2. The Morgan fingerprint density at radius 3 is 2.88 bits per heavy atom. The minimum Gasteiger partial charge on any atom is -0.453 e. The van der Waals surface area contributed by atoms with Gasteiger partial charge in [0.05, 0.1) is 19.4 Å². The van der Waals surface area contributed by atoms with Crippen molar-refractivity contribution in [3.05, 3.63) is 35.2 Å². The number of aromatic nitrogens is 1. The van der Waals surface area contributed by atoms with Gasteiger partial charge in [-0.2, -0.15) is 4.99 Å². The lowest BCUT2D eigenvalue weighted by atomic mass is 10.1. The highest BCUT2D eigenvalue weighted by atomic mass is 35.5. The van der Waals surface area contributed by atoms with E-state index in [1.807, 2.05) is 29.6 Å². The van der Waals surface area contributed by atoms with Crippen LogP contribution in [0.25, 0.3) is 11.3 Å². The van der Waals surface area contributed by atoms with Crippen molar-refractivity contribution in [2.24, 2.45) is 10.7 Å². The van der Waals surface area contributed by atoms with Crippen molar-refractivity contribution in [3.63, 3.8) is 0 Å². The highest BCUT2D eigenvalue weighted by molar-refractivity contribution is 7.13. The zero-order chi connectivity index (χ0) is 18.1. The van der Waals surface area contributed by atoms with Crippen LogP contribution in [0.1, 0.15) is 5.56 Å². The number of benzene rings is 1. The van der Waals surface area contributed by atoms with Crippen LogP contribution in [0.15, 0.2) is 34.6 Å². The molecule has 0 atom stereocenters. The van der Waals surface area contributed by atoms with Gasteiger partial charge < -0.3 is 25.8 Å². The minimum atomic E-state index is -0.466. The standard InChI is InChI=1S/C16H21N5O3S.ClH/c1-23-7-6-18-14(17)21-15-20-13(10-25-15)12-5-3-4-11(8-12)9-19-16(22)24-2;/h3-5,8,10H,6-7,9H2,1-2H3,(H,19,22)(H3,17,18,20,21);1H. The molecule has 0 saturated carbocycles. The van der Waals surface area contributed by atoms with Gasteiger partial charge in [0, 0.05) is 31.1 Å². The van der Waals surface area contributed by atoms with E-state index < -0.39 is 6.09 Å². The number of carbonyl (C=O) groups excluding carboxylic acids is 1. The Labute approximate surface area is 162 Å². The molecule has 0 saturated heterocycles. The molecule has 2 aromatic rings. The molecule has 0 bridgehead atoms. The van der Waals surface area contributed by atoms with Gasteiger partial charge in [0.1, 0.15) is 0 Å². The molecule has 0 unspecified atom stereocenters. The Bertz CT molecular complexity index is 738. The van der Waals surface area contributed by atoms with E-state index in [1.54, 1.807) is 7.11 Å². The molecule has 2 rings (SSSR count). The SMILES string of the molecule is COCCN/C(N)=N/c1nc(-c2cccc(CNC(=O)OC)c2)cs1.Cl. The number of amides is 1.